The molecule has 0 amide bonds. The second-order valence-electron chi connectivity index (χ2n) is 2.26. The van der Waals surface area contributed by atoms with Gasteiger partial charge in [0.1, 0.15) is 0 Å². The number of alkyl halides is 3. The Morgan fingerprint density at radius 2 is 1.56 bits per heavy atom. The molecule has 0 N–H and O–H groups in total. The molecule has 2 aliphatic rings. The van der Waals surface area contributed by atoms with Crippen LogP contribution in [0.5, 0.6) is 0 Å². The number of fused-ring (bicyclic) bond motifs is 1. The first-order valence-electron chi connectivity index (χ1n) is 2.38. The lowest BCUT2D eigenvalue weighted by Crippen LogP contribution is -2.20. The summed E-state index contributed by atoms with van der Waals surface area (Å²) in [6, 6.07) is 0. The maximum atomic E-state index is 5.48. The molecular formula is C4H3Cl3O2. The normalized spacial score (nSPS) is 54.7. The third kappa shape index (κ3) is 0.565. The molecule has 52 valence electrons. The lowest BCUT2D eigenvalue weighted by Gasteiger charge is -2.08. The topological polar surface area (TPSA) is 25.1 Å². The number of halogens is 3. The van der Waals surface area contributed by atoms with Crippen LogP contribution in [0.15, 0.2) is 0 Å². The van der Waals surface area contributed by atoms with E-state index in [1.165, 1.54) is 0 Å². The van der Waals surface area contributed by atoms with Gasteiger partial charge in [-0.3, -0.25) is 0 Å². The Morgan fingerprint density at radius 1 is 1.22 bits per heavy atom. The van der Waals surface area contributed by atoms with E-state index in [2.05, 4.69) is 0 Å². The summed E-state index contributed by atoms with van der Waals surface area (Å²) in [4.78, 5) is 0. The minimum Gasteiger partial charge on any atom is -0.304 e. The van der Waals surface area contributed by atoms with Crippen molar-refractivity contribution in [2.45, 2.75) is 22.3 Å². The molecule has 2 aliphatic heterocycles. The first-order valence-corrected chi connectivity index (χ1v) is 3.52. The van der Waals surface area contributed by atoms with Gasteiger partial charge in [-0.25, -0.2) is 0 Å². The molecule has 2 fully saturated rings. The summed E-state index contributed by atoms with van der Waals surface area (Å²) in [5, 5.41) is 0. The highest BCUT2D eigenvalue weighted by molar-refractivity contribution is 6.68. The van der Waals surface area contributed by atoms with E-state index in [0.717, 1.165) is 0 Å². The Kier molecular flexibility index (Phi) is 0.891. The monoisotopic (exact) mass is 188 g/mol. The molecule has 0 aliphatic carbocycles. The van der Waals surface area contributed by atoms with Crippen LogP contribution >= 0.6 is 34.8 Å². The van der Waals surface area contributed by atoms with Crippen molar-refractivity contribution >= 4 is 34.8 Å². The van der Waals surface area contributed by atoms with Crippen molar-refractivity contribution in [1.29, 1.82) is 0 Å². The van der Waals surface area contributed by atoms with Crippen LogP contribution in [0.1, 0.15) is 6.92 Å². The highest BCUT2D eigenvalue weighted by atomic mass is 35.6. The molecule has 0 bridgehead atoms. The van der Waals surface area contributed by atoms with Crippen LogP contribution in [0, 0.1) is 0 Å². The minimum atomic E-state index is -1.44. The number of epoxide rings is 2. The molecule has 2 rings (SSSR count). The van der Waals surface area contributed by atoms with E-state index >= 15 is 0 Å². The van der Waals surface area contributed by atoms with Gasteiger partial charge in [0.25, 0.3) is 5.79 Å². The zero-order chi connectivity index (χ0) is 6.91. The minimum absolute atomic E-state index is 0.599. The van der Waals surface area contributed by atoms with Crippen LogP contribution in [-0.2, 0) is 9.47 Å². The van der Waals surface area contributed by atoms with Gasteiger partial charge in [-0.05, 0) is 6.92 Å². The lowest BCUT2D eigenvalue weighted by atomic mass is 10.4. The van der Waals surface area contributed by atoms with Crippen molar-refractivity contribution in [2.24, 2.45) is 0 Å². The number of hydrogen-bond donors (Lipinski definition) is 0. The first-order chi connectivity index (χ1) is 3.91. The predicted octanol–water partition coefficient (Wildman–Crippen LogP) is 1.83. The average Bonchev–Trinajstić information content (AvgIpc) is 2.17. The standard InChI is InChI=1S/C4H3Cl3O2/c1-2-3(8-2,9-2)4(5,6)7/h1H3. The van der Waals surface area contributed by atoms with E-state index in [0.29, 0.717) is 0 Å². The van der Waals surface area contributed by atoms with Gasteiger partial charge in [0.05, 0.1) is 0 Å². The second-order valence-corrected chi connectivity index (χ2v) is 4.55. The Labute approximate surface area is 67.0 Å². The predicted molar refractivity (Wildman–Crippen MR) is 33.6 cm³/mol. The van der Waals surface area contributed by atoms with Crippen molar-refractivity contribution in [2.75, 3.05) is 0 Å². The largest absolute Gasteiger partial charge is 0.304 e. The molecule has 0 aromatic carbocycles. The van der Waals surface area contributed by atoms with Crippen molar-refractivity contribution in [1.82, 2.24) is 0 Å². The Morgan fingerprint density at radius 3 is 1.56 bits per heavy atom. The number of hydrogen-bond acceptors (Lipinski definition) is 2. The molecular weight excluding hydrogens is 186 g/mol. The van der Waals surface area contributed by atoms with Gasteiger partial charge in [0.2, 0.25) is 9.58 Å². The van der Waals surface area contributed by atoms with E-state index in [1.807, 2.05) is 0 Å². The average molecular weight is 189 g/mol. The van der Waals surface area contributed by atoms with Gasteiger partial charge in [0, 0.05) is 0 Å². The van der Waals surface area contributed by atoms with E-state index in [-0.39, 0.29) is 0 Å². The van der Waals surface area contributed by atoms with Crippen molar-refractivity contribution in [3.63, 3.8) is 0 Å². The van der Waals surface area contributed by atoms with E-state index < -0.39 is 15.4 Å². The maximum Gasteiger partial charge on any atom is 0.277 e. The summed E-state index contributed by atoms with van der Waals surface area (Å²) in [5.74, 6) is -1.51. The Bertz CT molecular complexity index is 167. The molecule has 0 saturated carbocycles. The summed E-state index contributed by atoms with van der Waals surface area (Å²) in [6.45, 7) is 1.73. The van der Waals surface area contributed by atoms with Gasteiger partial charge < -0.3 is 9.47 Å². The Balaban J connectivity index is 2.20. The van der Waals surface area contributed by atoms with E-state index in [4.69, 9.17) is 44.3 Å². The third-order valence-corrected chi connectivity index (χ3v) is 2.31. The fraction of sp³-hybridized carbons (Fsp3) is 1.00. The van der Waals surface area contributed by atoms with Gasteiger partial charge >= 0.3 is 0 Å². The van der Waals surface area contributed by atoms with Crippen molar-refractivity contribution < 1.29 is 9.47 Å². The molecule has 2 nitrogen and oxygen atoms in total. The van der Waals surface area contributed by atoms with Crippen LogP contribution < -0.4 is 0 Å². The highest BCUT2D eigenvalue weighted by Crippen LogP contribution is 2.75. The molecule has 0 aromatic heterocycles. The van der Waals surface area contributed by atoms with Crippen molar-refractivity contribution in [3.8, 4) is 0 Å². The van der Waals surface area contributed by atoms with E-state index in [9.17, 15) is 0 Å². The number of rotatable bonds is 0. The Hall–Kier alpha value is 0.790. The fourth-order valence-corrected chi connectivity index (χ4v) is 1.62. The van der Waals surface area contributed by atoms with Gasteiger partial charge in [-0.1, -0.05) is 34.8 Å². The molecule has 0 atom stereocenters. The quantitative estimate of drug-likeness (QED) is 0.429. The zero-order valence-electron chi connectivity index (χ0n) is 4.45. The SMILES string of the molecule is CC12OC1(C(Cl)(Cl)Cl)O2. The van der Waals surface area contributed by atoms with E-state index in [1.54, 1.807) is 6.92 Å². The molecule has 9 heavy (non-hydrogen) atoms. The lowest BCUT2D eigenvalue weighted by molar-refractivity contribution is -0.0870. The summed E-state index contributed by atoms with van der Waals surface area (Å²) in [5.41, 5.74) is 0. The van der Waals surface area contributed by atoms with Crippen LogP contribution in [0.2, 0.25) is 0 Å². The summed E-state index contributed by atoms with van der Waals surface area (Å²) < 4.78 is 8.41. The third-order valence-electron chi connectivity index (χ3n) is 1.56. The maximum absolute atomic E-state index is 5.48. The molecule has 0 aromatic rings. The van der Waals surface area contributed by atoms with Crippen molar-refractivity contribution in [3.05, 3.63) is 0 Å². The molecule has 5 heteroatoms. The molecule has 0 spiro atoms. The van der Waals surface area contributed by atoms with Gasteiger partial charge in [0.15, 0.2) is 0 Å². The smallest absolute Gasteiger partial charge is 0.277 e. The van der Waals surface area contributed by atoms with Gasteiger partial charge in [-0.2, -0.15) is 0 Å². The highest BCUT2D eigenvalue weighted by Gasteiger charge is 2.95. The zero-order valence-corrected chi connectivity index (χ0v) is 6.72. The molecule has 2 heterocycles. The summed E-state index contributed by atoms with van der Waals surface area (Å²) in [7, 11) is 0. The summed E-state index contributed by atoms with van der Waals surface area (Å²) >= 11 is 16.5. The van der Waals surface area contributed by atoms with Crippen LogP contribution in [0.3, 0.4) is 0 Å². The van der Waals surface area contributed by atoms with Crippen LogP contribution in [0.25, 0.3) is 0 Å². The fourth-order valence-electron chi connectivity index (χ4n) is 0.878. The first kappa shape index (κ1) is 6.50. The second kappa shape index (κ2) is 1.23. The summed E-state index contributed by atoms with van der Waals surface area (Å²) in [6.07, 6.45) is 0. The molecule has 2 saturated heterocycles. The van der Waals surface area contributed by atoms with Crippen LogP contribution in [-0.4, -0.2) is 15.4 Å². The molecule has 0 radical (unpaired) electrons. The van der Waals surface area contributed by atoms with Crippen LogP contribution in [0.4, 0.5) is 0 Å². The molecule has 0 unspecified atom stereocenters. The van der Waals surface area contributed by atoms with Gasteiger partial charge in [-0.15, -0.1) is 0 Å². The number of ether oxygens (including phenoxy) is 2.